The van der Waals surface area contributed by atoms with Crippen LogP contribution in [0.3, 0.4) is 0 Å². The lowest BCUT2D eigenvalue weighted by Crippen LogP contribution is -2.43. The van der Waals surface area contributed by atoms with Gasteiger partial charge in [-0.1, -0.05) is 11.2 Å². The van der Waals surface area contributed by atoms with Crippen LogP contribution in [0.1, 0.15) is 25.2 Å². The maximum atomic E-state index is 12.3. The Labute approximate surface area is 151 Å². The van der Waals surface area contributed by atoms with Crippen molar-refractivity contribution >= 4 is 17.2 Å². The van der Waals surface area contributed by atoms with Crippen molar-refractivity contribution in [1.82, 2.24) is 20.4 Å². The Morgan fingerprint density at radius 3 is 3.28 bits per heavy atom. The van der Waals surface area contributed by atoms with Crippen molar-refractivity contribution < 1.29 is 14.1 Å². The first-order valence-corrected chi connectivity index (χ1v) is 9.49. The van der Waals surface area contributed by atoms with Crippen molar-refractivity contribution in [2.45, 2.75) is 25.8 Å². The number of carbonyl (C=O) groups is 1. The minimum absolute atomic E-state index is 0.0241. The van der Waals surface area contributed by atoms with Gasteiger partial charge in [0, 0.05) is 26.8 Å². The van der Waals surface area contributed by atoms with E-state index in [0.717, 1.165) is 37.2 Å². The highest BCUT2D eigenvalue weighted by molar-refractivity contribution is 7.13. The van der Waals surface area contributed by atoms with Crippen molar-refractivity contribution in [2.24, 2.45) is 5.92 Å². The number of amides is 1. The van der Waals surface area contributed by atoms with Gasteiger partial charge in [0.25, 0.3) is 0 Å². The van der Waals surface area contributed by atoms with E-state index < -0.39 is 0 Å². The summed E-state index contributed by atoms with van der Waals surface area (Å²) >= 11 is 1.59. The number of hydrogen-bond donors (Lipinski definition) is 1. The number of hydrogen-bond acceptors (Lipinski definition) is 7. The van der Waals surface area contributed by atoms with E-state index in [9.17, 15) is 4.79 Å². The molecule has 0 spiro atoms. The van der Waals surface area contributed by atoms with Gasteiger partial charge in [-0.15, -0.1) is 11.3 Å². The van der Waals surface area contributed by atoms with Crippen LogP contribution in [0.5, 0.6) is 0 Å². The minimum atomic E-state index is 0.0241. The van der Waals surface area contributed by atoms with Crippen LogP contribution in [0.15, 0.2) is 22.0 Å². The summed E-state index contributed by atoms with van der Waals surface area (Å²) in [6.07, 6.45) is 2.77. The first-order chi connectivity index (χ1) is 12.3. The molecule has 1 unspecified atom stereocenters. The molecule has 1 N–H and O–H groups in total. The molecule has 3 heterocycles. The Bertz CT molecular complexity index is 659. The first kappa shape index (κ1) is 18.0. The third kappa shape index (κ3) is 5.10. The predicted molar refractivity (Wildman–Crippen MR) is 95.1 cm³/mol. The molecule has 0 radical (unpaired) electrons. The van der Waals surface area contributed by atoms with E-state index in [1.165, 1.54) is 0 Å². The van der Waals surface area contributed by atoms with Gasteiger partial charge in [-0.2, -0.15) is 4.98 Å². The second-order valence-corrected chi connectivity index (χ2v) is 7.15. The maximum Gasteiger partial charge on any atom is 0.241 e. The summed E-state index contributed by atoms with van der Waals surface area (Å²) in [5.74, 6) is 1.39. The largest absolute Gasteiger partial charge is 0.385 e. The summed E-state index contributed by atoms with van der Waals surface area (Å²) in [7, 11) is 1.67. The van der Waals surface area contributed by atoms with Crippen LogP contribution in [-0.2, 0) is 16.1 Å². The number of ether oxygens (including phenoxy) is 1. The molecular weight excluding hydrogens is 340 g/mol. The molecule has 3 rings (SSSR count). The number of nitrogens with one attached hydrogen (secondary N) is 1. The smallest absolute Gasteiger partial charge is 0.241 e. The number of piperidine rings is 1. The van der Waals surface area contributed by atoms with Gasteiger partial charge in [0.1, 0.15) is 0 Å². The van der Waals surface area contributed by atoms with Gasteiger partial charge in [-0.3, -0.25) is 9.69 Å². The van der Waals surface area contributed by atoms with Crippen molar-refractivity contribution in [3.63, 3.8) is 0 Å². The lowest BCUT2D eigenvalue weighted by atomic mass is 9.97. The fraction of sp³-hybridized carbons (Fsp3) is 0.588. The van der Waals surface area contributed by atoms with Gasteiger partial charge < -0.3 is 14.6 Å². The molecular formula is C17H24N4O3S. The zero-order valence-corrected chi connectivity index (χ0v) is 15.3. The molecule has 0 bridgehead atoms. The third-order valence-electron chi connectivity index (χ3n) is 4.27. The van der Waals surface area contributed by atoms with Crippen LogP contribution in [0.4, 0.5) is 0 Å². The van der Waals surface area contributed by atoms with Gasteiger partial charge >= 0.3 is 0 Å². The molecule has 1 fully saturated rings. The SMILES string of the molecule is COCCCNC(=O)C1CCCN(Cc2nc(-c3cccs3)no2)C1. The van der Waals surface area contributed by atoms with Gasteiger partial charge in [-0.05, 0) is 37.3 Å². The van der Waals surface area contributed by atoms with Gasteiger partial charge in [0.2, 0.25) is 17.6 Å². The normalized spacial score (nSPS) is 18.4. The van der Waals surface area contributed by atoms with Gasteiger partial charge in [0.15, 0.2) is 0 Å². The molecule has 7 nitrogen and oxygen atoms in total. The highest BCUT2D eigenvalue weighted by atomic mass is 32.1. The molecule has 1 atom stereocenters. The molecule has 136 valence electrons. The Balaban J connectivity index is 1.49. The van der Waals surface area contributed by atoms with Crippen molar-refractivity contribution in [3.8, 4) is 10.7 Å². The second kappa shape index (κ2) is 9.07. The highest BCUT2D eigenvalue weighted by Gasteiger charge is 2.26. The van der Waals surface area contributed by atoms with E-state index in [0.29, 0.717) is 31.4 Å². The zero-order valence-electron chi connectivity index (χ0n) is 14.4. The summed E-state index contributed by atoms with van der Waals surface area (Å²) in [6.45, 7) is 3.60. The standard InChI is InChI=1S/C17H24N4O3S/c1-23-9-4-7-18-17(22)13-5-2-8-21(11-13)12-15-19-16(20-24-15)14-6-3-10-25-14/h3,6,10,13H,2,4-5,7-9,11-12H2,1H3,(H,18,22). The molecule has 1 aliphatic heterocycles. The fourth-order valence-corrected chi connectivity index (χ4v) is 3.65. The number of aromatic nitrogens is 2. The van der Waals surface area contributed by atoms with E-state index in [-0.39, 0.29) is 11.8 Å². The van der Waals surface area contributed by atoms with E-state index >= 15 is 0 Å². The van der Waals surface area contributed by atoms with Crippen molar-refractivity contribution in [3.05, 3.63) is 23.4 Å². The van der Waals surface area contributed by atoms with Gasteiger partial charge in [0.05, 0.1) is 17.3 Å². The fourth-order valence-electron chi connectivity index (χ4n) is 3.00. The number of nitrogens with zero attached hydrogens (tertiary/aromatic N) is 3. The molecule has 0 saturated carbocycles. The number of rotatable bonds is 8. The Kier molecular flexibility index (Phi) is 6.55. The predicted octanol–water partition coefficient (Wildman–Crippen LogP) is 2.16. The second-order valence-electron chi connectivity index (χ2n) is 6.20. The number of thiophene rings is 1. The molecule has 1 aliphatic rings. The highest BCUT2D eigenvalue weighted by Crippen LogP contribution is 2.23. The Morgan fingerprint density at radius 2 is 2.48 bits per heavy atom. The quantitative estimate of drug-likeness (QED) is 0.723. The van der Waals surface area contributed by atoms with Crippen molar-refractivity contribution in [2.75, 3.05) is 33.4 Å². The van der Waals surface area contributed by atoms with Crippen LogP contribution >= 0.6 is 11.3 Å². The summed E-state index contributed by atoms with van der Waals surface area (Å²) in [4.78, 5) is 20.0. The molecule has 8 heteroatoms. The molecule has 0 aliphatic carbocycles. The van der Waals surface area contributed by atoms with Crippen LogP contribution in [-0.4, -0.2) is 54.3 Å². The topological polar surface area (TPSA) is 80.5 Å². The molecule has 1 amide bonds. The van der Waals surface area contributed by atoms with Gasteiger partial charge in [-0.25, -0.2) is 0 Å². The number of likely N-dealkylation sites (tertiary alicyclic amines) is 1. The summed E-state index contributed by atoms with van der Waals surface area (Å²) in [5.41, 5.74) is 0. The molecule has 2 aromatic heterocycles. The number of methoxy groups -OCH3 is 1. The van der Waals surface area contributed by atoms with Crippen molar-refractivity contribution in [1.29, 1.82) is 0 Å². The average Bonchev–Trinajstić information content (AvgIpc) is 3.30. The van der Waals surface area contributed by atoms with E-state index in [2.05, 4.69) is 20.4 Å². The first-order valence-electron chi connectivity index (χ1n) is 8.61. The average molecular weight is 364 g/mol. The Hall–Kier alpha value is -1.77. The monoisotopic (exact) mass is 364 g/mol. The van der Waals surface area contributed by atoms with E-state index in [1.54, 1.807) is 18.4 Å². The maximum absolute atomic E-state index is 12.3. The van der Waals surface area contributed by atoms with E-state index in [1.807, 2.05) is 17.5 Å². The van der Waals surface area contributed by atoms with Crippen LogP contribution < -0.4 is 5.32 Å². The third-order valence-corrected chi connectivity index (χ3v) is 5.14. The molecule has 0 aromatic carbocycles. The lowest BCUT2D eigenvalue weighted by molar-refractivity contribution is -0.126. The van der Waals surface area contributed by atoms with Crippen LogP contribution in [0.2, 0.25) is 0 Å². The van der Waals surface area contributed by atoms with Crippen LogP contribution in [0.25, 0.3) is 10.7 Å². The number of carbonyl (C=O) groups excluding carboxylic acids is 1. The molecule has 25 heavy (non-hydrogen) atoms. The molecule has 2 aromatic rings. The van der Waals surface area contributed by atoms with Crippen LogP contribution in [0, 0.1) is 5.92 Å². The zero-order chi connectivity index (χ0) is 17.5. The van der Waals surface area contributed by atoms with E-state index in [4.69, 9.17) is 9.26 Å². The minimum Gasteiger partial charge on any atom is -0.385 e. The summed E-state index contributed by atoms with van der Waals surface area (Å²) < 4.78 is 10.4. The summed E-state index contributed by atoms with van der Waals surface area (Å²) in [5, 5.41) is 9.03. The lowest BCUT2D eigenvalue weighted by Gasteiger charge is -2.30. The summed E-state index contributed by atoms with van der Waals surface area (Å²) in [6, 6.07) is 3.95. The Morgan fingerprint density at radius 1 is 1.56 bits per heavy atom. The molecule has 1 saturated heterocycles.